The third-order valence-corrected chi connectivity index (χ3v) is 4.57. The van der Waals surface area contributed by atoms with Crippen LogP contribution in [0.15, 0.2) is 53.0 Å². The third kappa shape index (κ3) is 3.92. The van der Waals surface area contributed by atoms with Gasteiger partial charge in [-0.05, 0) is 56.2 Å². The van der Waals surface area contributed by atoms with Crippen molar-refractivity contribution in [2.45, 2.75) is 20.8 Å². The molecule has 5 heteroatoms. The van der Waals surface area contributed by atoms with E-state index in [1.165, 1.54) is 5.56 Å². The van der Waals surface area contributed by atoms with Crippen LogP contribution in [-0.2, 0) is 0 Å². The summed E-state index contributed by atoms with van der Waals surface area (Å²) < 4.78 is 1.08. The Morgan fingerprint density at radius 3 is 2.38 bits per heavy atom. The molecular weight excluding hydrogens is 364 g/mol. The fraction of sp³-hybridized carbons (Fsp3) is 0.158. The number of rotatable bonds is 4. The van der Waals surface area contributed by atoms with Crippen molar-refractivity contribution in [1.29, 1.82) is 0 Å². The Balaban J connectivity index is 1.86. The molecule has 0 fully saturated rings. The van der Waals surface area contributed by atoms with Gasteiger partial charge >= 0.3 is 0 Å². The average molecular weight is 383 g/mol. The molecule has 0 saturated heterocycles. The molecule has 2 N–H and O–H groups in total. The first kappa shape index (κ1) is 16.5. The van der Waals surface area contributed by atoms with E-state index in [0.717, 1.165) is 32.9 Å². The van der Waals surface area contributed by atoms with Crippen molar-refractivity contribution in [2.75, 3.05) is 10.6 Å². The van der Waals surface area contributed by atoms with Crippen molar-refractivity contribution >= 4 is 39.1 Å². The monoisotopic (exact) mass is 382 g/mol. The zero-order valence-electron chi connectivity index (χ0n) is 13.9. The molecule has 3 rings (SSSR count). The van der Waals surface area contributed by atoms with E-state index in [-0.39, 0.29) is 0 Å². The van der Waals surface area contributed by atoms with E-state index in [4.69, 9.17) is 0 Å². The maximum absolute atomic E-state index is 4.57. The summed E-state index contributed by atoms with van der Waals surface area (Å²) in [5.41, 5.74) is 5.24. The highest BCUT2D eigenvalue weighted by atomic mass is 79.9. The lowest BCUT2D eigenvalue weighted by Crippen LogP contribution is -2.03. The summed E-state index contributed by atoms with van der Waals surface area (Å²) in [5, 5.41) is 6.63. The maximum atomic E-state index is 4.57. The summed E-state index contributed by atoms with van der Waals surface area (Å²) in [6, 6.07) is 16.1. The summed E-state index contributed by atoms with van der Waals surface area (Å²) in [6.07, 6.45) is 0. The summed E-state index contributed by atoms with van der Waals surface area (Å²) in [4.78, 5) is 9.04. The second-order valence-corrected chi connectivity index (χ2v) is 6.60. The first-order chi connectivity index (χ1) is 11.5. The van der Waals surface area contributed by atoms with Crippen LogP contribution in [0.5, 0.6) is 0 Å². The fourth-order valence-corrected chi connectivity index (χ4v) is 2.64. The molecule has 2 aromatic carbocycles. The lowest BCUT2D eigenvalue weighted by molar-refractivity contribution is 1.11. The number of para-hydroxylation sites is 1. The molecule has 0 spiro atoms. The zero-order valence-corrected chi connectivity index (χ0v) is 15.5. The van der Waals surface area contributed by atoms with E-state index < -0.39 is 0 Å². The Morgan fingerprint density at radius 2 is 1.62 bits per heavy atom. The number of hydrogen-bond donors (Lipinski definition) is 2. The molecule has 0 aliphatic heterocycles. The van der Waals surface area contributed by atoms with Gasteiger partial charge in [-0.25, -0.2) is 4.98 Å². The van der Waals surface area contributed by atoms with Crippen LogP contribution in [0.3, 0.4) is 0 Å². The van der Waals surface area contributed by atoms with E-state index in [1.54, 1.807) is 0 Å². The van der Waals surface area contributed by atoms with Gasteiger partial charge in [-0.3, -0.25) is 0 Å². The predicted molar refractivity (Wildman–Crippen MR) is 103 cm³/mol. The molecule has 24 heavy (non-hydrogen) atoms. The normalized spacial score (nSPS) is 10.5. The Labute approximate surface area is 150 Å². The number of nitrogens with zero attached hydrogens (tertiary/aromatic N) is 2. The van der Waals surface area contributed by atoms with Gasteiger partial charge in [-0.15, -0.1) is 0 Å². The van der Waals surface area contributed by atoms with Crippen LogP contribution in [0.1, 0.15) is 16.8 Å². The first-order valence-corrected chi connectivity index (χ1v) is 8.52. The highest BCUT2D eigenvalue weighted by Gasteiger charge is 2.05. The Morgan fingerprint density at radius 1 is 0.833 bits per heavy atom. The minimum Gasteiger partial charge on any atom is -0.340 e. The molecule has 0 aliphatic carbocycles. The Bertz CT molecular complexity index is 877. The largest absolute Gasteiger partial charge is 0.340 e. The molecule has 0 aliphatic rings. The van der Waals surface area contributed by atoms with Gasteiger partial charge in [0.2, 0.25) is 5.95 Å². The van der Waals surface area contributed by atoms with Gasteiger partial charge in [-0.2, -0.15) is 4.98 Å². The van der Waals surface area contributed by atoms with Crippen LogP contribution >= 0.6 is 15.9 Å². The van der Waals surface area contributed by atoms with Gasteiger partial charge in [0.1, 0.15) is 5.82 Å². The van der Waals surface area contributed by atoms with Crippen LogP contribution in [-0.4, -0.2) is 9.97 Å². The van der Waals surface area contributed by atoms with Crippen LogP contribution in [0.2, 0.25) is 0 Å². The molecule has 0 amide bonds. The standard InChI is InChI=1S/C19H19BrN4/c1-12-6-4-5-7-17(12)23-18-11-14(3)21-19(24-18)22-15-8-9-16(20)13(2)10-15/h4-11H,1-3H3,(H2,21,22,23,24). The van der Waals surface area contributed by atoms with Crippen LogP contribution in [0.25, 0.3) is 0 Å². The number of halogens is 1. The summed E-state index contributed by atoms with van der Waals surface area (Å²) in [6.45, 7) is 6.08. The number of benzene rings is 2. The third-order valence-electron chi connectivity index (χ3n) is 3.68. The van der Waals surface area contributed by atoms with Crippen molar-refractivity contribution in [1.82, 2.24) is 9.97 Å². The number of nitrogens with one attached hydrogen (secondary N) is 2. The summed E-state index contributed by atoms with van der Waals surface area (Å²) >= 11 is 3.51. The second-order valence-electron chi connectivity index (χ2n) is 5.75. The molecule has 1 aromatic heterocycles. The van der Waals surface area contributed by atoms with Crippen molar-refractivity contribution in [3.05, 3.63) is 69.8 Å². The van der Waals surface area contributed by atoms with Crippen LogP contribution in [0.4, 0.5) is 23.1 Å². The number of anilines is 4. The molecule has 122 valence electrons. The highest BCUT2D eigenvalue weighted by Crippen LogP contribution is 2.24. The average Bonchev–Trinajstić information content (AvgIpc) is 2.53. The Kier molecular flexibility index (Phi) is 4.81. The molecular formula is C19H19BrN4. The van der Waals surface area contributed by atoms with Crippen molar-refractivity contribution in [2.24, 2.45) is 0 Å². The molecule has 3 aromatic rings. The van der Waals surface area contributed by atoms with Gasteiger partial charge in [0.15, 0.2) is 0 Å². The molecule has 0 atom stereocenters. The van der Waals surface area contributed by atoms with Crippen LogP contribution < -0.4 is 10.6 Å². The van der Waals surface area contributed by atoms with Gasteiger partial charge < -0.3 is 10.6 Å². The quantitative estimate of drug-likeness (QED) is 0.611. The molecule has 0 radical (unpaired) electrons. The topological polar surface area (TPSA) is 49.8 Å². The van der Waals surface area contributed by atoms with E-state index in [2.05, 4.69) is 62.5 Å². The van der Waals surface area contributed by atoms with Crippen molar-refractivity contribution in [3.63, 3.8) is 0 Å². The molecule has 1 heterocycles. The zero-order chi connectivity index (χ0) is 17.1. The Hall–Kier alpha value is -2.40. The van der Waals surface area contributed by atoms with E-state index in [0.29, 0.717) is 5.95 Å². The molecule has 0 unspecified atom stereocenters. The minimum atomic E-state index is 0.577. The van der Waals surface area contributed by atoms with Crippen LogP contribution in [0, 0.1) is 20.8 Å². The minimum absolute atomic E-state index is 0.577. The van der Waals surface area contributed by atoms with Crippen molar-refractivity contribution in [3.8, 4) is 0 Å². The fourth-order valence-electron chi connectivity index (χ4n) is 2.39. The van der Waals surface area contributed by atoms with Gasteiger partial charge in [-0.1, -0.05) is 34.1 Å². The van der Waals surface area contributed by atoms with Crippen molar-refractivity contribution < 1.29 is 0 Å². The molecule has 0 bridgehead atoms. The highest BCUT2D eigenvalue weighted by molar-refractivity contribution is 9.10. The molecule has 0 saturated carbocycles. The van der Waals surface area contributed by atoms with Gasteiger partial charge in [0, 0.05) is 27.6 Å². The summed E-state index contributed by atoms with van der Waals surface area (Å²) in [5.74, 6) is 1.35. The van der Waals surface area contributed by atoms with Gasteiger partial charge in [0.05, 0.1) is 0 Å². The smallest absolute Gasteiger partial charge is 0.229 e. The SMILES string of the molecule is Cc1cc(Nc2ccccc2C)nc(Nc2ccc(Br)c(C)c2)n1. The van der Waals surface area contributed by atoms with Gasteiger partial charge in [0.25, 0.3) is 0 Å². The van der Waals surface area contributed by atoms with E-state index in [1.807, 2.05) is 43.3 Å². The lowest BCUT2D eigenvalue weighted by Gasteiger charge is -2.12. The summed E-state index contributed by atoms with van der Waals surface area (Å²) in [7, 11) is 0. The lowest BCUT2D eigenvalue weighted by atomic mass is 10.2. The van der Waals surface area contributed by atoms with E-state index in [9.17, 15) is 0 Å². The molecule has 4 nitrogen and oxygen atoms in total. The number of aromatic nitrogens is 2. The first-order valence-electron chi connectivity index (χ1n) is 7.73. The van der Waals surface area contributed by atoms with E-state index >= 15 is 0 Å². The number of hydrogen-bond acceptors (Lipinski definition) is 4. The predicted octanol–water partition coefficient (Wildman–Crippen LogP) is 5.65. The second kappa shape index (κ2) is 7.01. The maximum Gasteiger partial charge on any atom is 0.229 e. The number of aryl methyl sites for hydroxylation is 3.